The number of rotatable bonds is 18. The maximum atomic E-state index is 11.9. The highest BCUT2D eigenvalue weighted by Gasteiger charge is 2.14. The third-order valence-electron chi connectivity index (χ3n) is 4.46. The molecule has 0 spiro atoms. The van der Waals surface area contributed by atoms with Crippen LogP contribution in [0.25, 0.3) is 0 Å². The topological polar surface area (TPSA) is 69.2 Å². The molecule has 0 bridgehead atoms. The summed E-state index contributed by atoms with van der Waals surface area (Å²) in [5.74, 6) is -1.29. The average molecular weight is 441 g/mol. The van der Waals surface area contributed by atoms with Gasteiger partial charge >= 0.3 is 0 Å². The third-order valence-corrected chi connectivity index (χ3v) is 4.46. The lowest BCUT2D eigenvalue weighted by Gasteiger charge is -2.21. The molecule has 1 amide bonds. The number of carbonyl (C=O) groups is 2. The van der Waals surface area contributed by atoms with E-state index in [4.69, 9.17) is 0 Å². The second-order valence-corrected chi connectivity index (χ2v) is 8.02. The zero-order valence-corrected chi connectivity index (χ0v) is 20.2. The van der Waals surface area contributed by atoms with Crippen LogP contribution in [0.15, 0.2) is 72.9 Å². The van der Waals surface area contributed by atoms with E-state index in [1.54, 1.807) is 0 Å². The molecule has 0 saturated carbocycles. The first-order valence-corrected chi connectivity index (χ1v) is 11.9. The van der Waals surface area contributed by atoms with E-state index in [0.29, 0.717) is 12.8 Å². The fourth-order valence-corrected chi connectivity index (χ4v) is 2.81. The Bertz CT molecular complexity index is 666. The van der Waals surface area contributed by atoms with Gasteiger partial charge in [-0.2, -0.15) is 0 Å². The van der Waals surface area contributed by atoms with Crippen molar-refractivity contribution in [1.82, 2.24) is 5.32 Å². The summed E-state index contributed by atoms with van der Waals surface area (Å²) >= 11 is 0. The summed E-state index contributed by atoms with van der Waals surface area (Å²) in [6.45, 7) is 5.97. The van der Waals surface area contributed by atoms with Crippen LogP contribution < -0.4 is 10.4 Å². The van der Waals surface area contributed by atoms with Gasteiger partial charge in [-0.05, 0) is 57.3 Å². The first kappa shape index (κ1) is 29.4. The van der Waals surface area contributed by atoms with Gasteiger partial charge in [0.05, 0.1) is 12.0 Å². The summed E-state index contributed by atoms with van der Waals surface area (Å²) in [6, 6.07) is -0.909. The first-order valence-electron chi connectivity index (χ1n) is 11.9. The molecule has 1 N–H and O–H groups in total. The molecule has 0 radical (unpaired) electrons. The number of hydrogen-bond acceptors (Lipinski definition) is 3. The van der Waals surface area contributed by atoms with Crippen molar-refractivity contribution in [3.8, 4) is 0 Å². The van der Waals surface area contributed by atoms with Crippen molar-refractivity contribution < 1.29 is 14.7 Å². The number of amides is 1. The molecule has 0 rings (SSSR count). The van der Waals surface area contributed by atoms with Gasteiger partial charge in [-0.25, -0.2) is 0 Å². The second-order valence-electron chi connectivity index (χ2n) is 8.02. The van der Waals surface area contributed by atoms with E-state index < -0.39 is 12.0 Å². The molecule has 0 unspecified atom stereocenters. The van der Waals surface area contributed by atoms with Crippen LogP contribution in [-0.2, 0) is 9.59 Å². The Balaban J connectivity index is 3.79. The average Bonchev–Trinajstić information content (AvgIpc) is 2.74. The molecule has 0 aromatic rings. The molecule has 0 aliphatic rings. The fraction of sp³-hybridized carbons (Fsp3) is 0.500. The van der Waals surface area contributed by atoms with Crippen molar-refractivity contribution >= 4 is 11.9 Å². The van der Waals surface area contributed by atoms with Crippen LogP contribution in [0.3, 0.4) is 0 Å². The van der Waals surface area contributed by atoms with Gasteiger partial charge in [0.2, 0.25) is 5.91 Å². The lowest BCUT2D eigenvalue weighted by Crippen LogP contribution is -2.48. The lowest BCUT2D eigenvalue weighted by atomic mass is 10.0. The van der Waals surface area contributed by atoms with Gasteiger partial charge < -0.3 is 15.2 Å². The second kappa shape index (κ2) is 21.6. The van der Waals surface area contributed by atoms with E-state index in [0.717, 1.165) is 38.5 Å². The normalized spacial score (nSPS) is 13.8. The Kier molecular flexibility index (Phi) is 19.8. The minimum atomic E-state index is -1.22. The van der Waals surface area contributed by atoms with E-state index in [2.05, 4.69) is 73.0 Å². The predicted molar refractivity (Wildman–Crippen MR) is 134 cm³/mol. The summed E-state index contributed by atoms with van der Waals surface area (Å²) in [7, 11) is 0. The number of carboxylic acid groups (broad SMARTS) is 1. The Hall–Kier alpha value is -2.62. The van der Waals surface area contributed by atoms with Crippen LogP contribution in [0.1, 0.15) is 78.6 Å². The Morgan fingerprint density at radius 2 is 1.12 bits per heavy atom. The van der Waals surface area contributed by atoms with E-state index in [-0.39, 0.29) is 18.2 Å². The zero-order chi connectivity index (χ0) is 23.9. The molecule has 0 aromatic heterocycles. The molecule has 0 aliphatic heterocycles. The Morgan fingerprint density at radius 3 is 1.50 bits per heavy atom. The van der Waals surface area contributed by atoms with Crippen LogP contribution >= 0.6 is 0 Å². The minimum absolute atomic E-state index is 0.182. The number of nitrogens with one attached hydrogen (secondary N) is 1. The molecule has 0 saturated heterocycles. The quantitative estimate of drug-likeness (QED) is 0.276. The Morgan fingerprint density at radius 1 is 0.719 bits per heavy atom. The highest BCUT2D eigenvalue weighted by molar-refractivity contribution is 5.82. The predicted octanol–water partition coefficient (Wildman–Crippen LogP) is 5.75. The largest absolute Gasteiger partial charge is 0.548 e. The summed E-state index contributed by atoms with van der Waals surface area (Å²) < 4.78 is 0. The van der Waals surface area contributed by atoms with E-state index in [1.807, 2.05) is 26.0 Å². The van der Waals surface area contributed by atoms with Gasteiger partial charge in [0.1, 0.15) is 0 Å². The van der Waals surface area contributed by atoms with Crippen molar-refractivity contribution in [3.05, 3.63) is 72.9 Å². The van der Waals surface area contributed by atoms with Gasteiger partial charge in [0, 0.05) is 6.42 Å². The molecule has 178 valence electrons. The van der Waals surface area contributed by atoms with Crippen LogP contribution in [0.5, 0.6) is 0 Å². The van der Waals surface area contributed by atoms with Gasteiger partial charge in [-0.15, -0.1) is 0 Å². The van der Waals surface area contributed by atoms with E-state index in [9.17, 15) is 14.7 Å². The molecular formula is C28H42NO3-. The molecule has 0 fully saturated rings. The van der Waals surface area contributed by atoms with Crippen molar-refractivity contribution in [2.75, 3.05) is 0 Å². The van der Waals surface area contributed by atoms with Crippen molar-refractivity contribution in [1.29, 1.82) is 0 Å². The van der Waals surface area contributed by atoms with Gasteiger partial charge in [-0.1, -0.05) is 93.7 Å². The standard InChI is InChI=1S/C28H43NO3/c1-4-5-6-7-8-9-10-11-12-13-14-15-16-17-18-19-20-21-22-23-27(30)29-26(28(31)32)24-25(2)3/h5-6,8-9,11-12,14-15,17-18,20-21,25-26H,4,7,10,13,16,19,22-24H2,1-3H3,(H,29,30)(H,31,32)/p-1/b6-5-,9-8-,12-11-,15-14-,18-17-,21-20-/t26-/m0/s1. The number of aliphatic carboxylic acids is 1. The molecule has 0 heterocycles. The van der Waals surface area contributed by atoms with Crippen LogP contribution in [0.4, 0.5) is 0 Å². The first-order chi connectivity index (χ1) is 15.5. The van der Waals surface area contributed by atoms with Crippen LogP contribution in [0.2, 0.25) is 0 Å². The maximum absolute atomic E-state index is 11.9. The van der Waals surface area contributed by atoms with E-state index in [1.165, 1.54) is 0 Å². The molecule has 0 aromatic carbocycles. The molecule has 0 aliphatic carbocycles. The molecule has 1 atom stereocenters. The van der Waals surface area contributed by atoms with Crippen molar-refractivity contribution in [3.63, 3.8) is 0 Å². The van der Waals surface area contributed by atoms with Crippen molar-refractivity contribution in [2.45, 2.75) is 84.6 Å². The number of carboxylic acids is 1. The smallest absolute Gasteiger partial charge is 0.220 e. The molecular weight excluding hydrogens is 398 g/mol. The Labute approximate surface area is 195 Å². The van der Waals surface area contributed by atoms with Crippen molar-refractivity contribution in [2.24, 2.45) is 5.92 Å². The monoisotopic (exact) mass is 440 g/mol. The van der Waals surface area contributed by atoms with Crippen LogP contribution in [0, 0.1) is 5.92 Å². The van der Waals surface area contributed by atoms with Gasteiger partial charge in [0.15, 0.2) is 0 Å². The summed E-state index contributed by atoms with van der Waals surface area (Å²) in [5, 5.41) is 13.6. The summed E-state index contributed by atoms with van der Waals surface area (Å²) in [5.41, 5.74) is 0. The van der Waals surface area contributed by atoms with Gasteiger partial charge in [0.25, 0.3) is 0 Å². The molecule has 4 nitrogen and oxygen atoms in total. The number of allylic oxidation sites excluding steroid dienone is 12. The summed E-state index contributed by atoms with van der Waals surface area (Å²) in [4.78, 5) is 22.9. The zero-order valence-electron chi connectivity index (χ0n) is 20.2. The van der Waals surface area contributed by atoms with E-state index >= 15 is 0 Å². The maximum Gasteiger partial charge on any atom is 0.220 e. The molecule has 32 heavy (non-hydrogen) atoms. The molecule has 4 heteroatoms. The van der Waals surface area contributed by atoms with Gasteiger partial charge in [-0.3, -0.25) is 4.79 Å². The fourth-order valence-electron chi connectivity index (χ4n) is 2.81. The van der Waals surface area contributed by atoms with Crippen LogP contribution in [-0.4, -0.2) is 17.9 Å². The highest BCUT2D eigenvalue weighted by atomic mass is 16.4. The minimum Gasteiger partial charge on any atom is -0.548 e. The highest BCUT2D eigenvalue weighted by Crippen LogP contribution is 2.05. The third kappa shape index (κ3) is 20.6. The SMILES string of the molecule is CC/C=C\C/C=C\C/C=C\C/C=C\C/C=C\C/C=C\CCC(=O)N[C@@H](CC(C)C)C(=O)[O-]. The summed E-state index contributed by atoms with van der Waals surface area (Å²) in [6.07, 6.45) is 32.7. The lowest BCUT2D eigenvalue weighted by molar-refractivity contribution is -0.308. The number of hydrogen-bond donors (Lipinski definition) is 1. The number of carbonyl (C=O) groups excluding carboxylic acids is 2.